The molecule has 0 aliphatic carbocycles. The van der Waals surface area contributed by atoms with E-state index in [1.54, 1.807) is 12.1 Å². The van der Waals surface area contributed by atoms with Crippen LogP contribution in [-0.2, 0) is 9.59 Å². The van der Waals surface area contributed by atoms with Crippen molar-refractivity contribution in [1.82, 2.24) is 15.2 Å². The maximum absolute atomic E-state index is 12.4. The first-order chi connectivity index (χ1) is 14.6. The van der Waals surface area contributed by atoms with Crippen molar-refractivity contribution < 1.29 is 9.59 Å². The second kappa shape index (κ2) is 8.79. The zero-order valence-corrected chi connectivity index (χ0v) is 17.0. The number of carbonyl (C=O) groups is 2. The lowest BCUT2D eigenvalue weighted by Crippen LogP contribution is -2.14. The van der Waals surface area contributed by atoms with Gasteiger partial charge in [0.1, 0.15) is 0 Å². The summed E-state index contributed by atoms with van der Waals surface area (Å²) in [7, 11) is 0. The highest BCUT2D eigenvalue weighted by Gasteiger charge is 2.10. The molecule has 4 rings (SSSR count). The fraction of sp³-hybridized carbons (Fsp3) is 0.0909. The quantitative estimate of drug-likeness (QED) is 0.406. The predicted molar refractivity (Wildman–Crippen MR) is 119 cm³/mol. The van der Waals surface area contributed by atoms with Gasteiger partial charge in [-0.05, 0) is 35.7 Å². The van der Waals surface area contributed by atoms with Crippen LogP contribution in [0.1, 0.15) is 6.92 Å². The smallest absolute Gasteiger partial charge is 0.234 e. The molecule has 150 valence electrons. The average Bonchev–Trinajstić information content (AvgIpc) is 3.22. The number of aromatic nitrogens is 3. The Labute approximate surface area is 177 Å². The Morgan fingerprint density at radius 2 is 1.73 bits per heavy atom. The van der Waals surface area contributed by atoms with Crippen molar-refractivity contribution in [2.24, 2.45) is 0 Å². The van der Waals surface area contributed by atoms with E-state index < -0.39 is 0 Å². The first-order valence-electron chi connectivity index (χ1n) is 9.29. The molecule has 3 N–H and O–H groups in total. The summed E-state index contributed by atoms with van der Waals surface area (Å²) in [5.74, 6) is 0.550. The van der Waals surface area contributed by atoms with E-state index in [0.717, 1.165) is 22.0 Å². The minimum atomic E-state index is -0.123. The Hall–Kier alpha value is -3.65. The lowest BCUT2D eigenvalue weighted by Gasteiger charge is -2.08. The molecule has 30 heavy (non-hydrogen) atoms. The summed E-state index contributed by atoms with van der Waals surface area (Å²) < 4.78 is 0. The number of nitrogens with one attached hydrogen (secondary N) is 3. The monoisotopic (exact) mass is 417 g/mol. The van der Waals surface area contributed by atoms with Crippen LogP contribution in [0.3, 0.4) is 0 Å². The molecule has 0 unspecified atom stereocenters. The van der Waals surface area contributed by atoms with Crippen molar-refractivity contribution in [2.75, 3.05) is 16.4 Å². The van der Waals surface area contributed by atoms with Crippen molar-refractivity contribution in [3.8, 4) is 11.4 Å². The van der Waals surface area contributed by atoms with Gasteiger partial charge in [0.2, 0.25) is 17.0 Å². The summed E-state index contributed by atoms with van der Waals surface area (Å²) in [5, 5.41) is 15.3. The van der Waals surface area contributed by atoms with Gasteiger partial charge in [-0.3, -0.25) is 14.7 Å². The van der Waals surface area contributed by atoms with E-state index in [1.807, 2.05) is 54.6 Å². The number of nitrogens with zero attached hydrogens (tertiary/aromatic N) is 2. The fourth-order valence-electron chi connectivity index (χ4n) is 3.01. The largest absolute Gasteiger partial charge is 0.326 e. The normalized spacial score (nSPS) is 10.7. The molecule has 3 aromatic carbocycles. The lowest BCUT2D eigenvalue weighted by molar-refractivity contribution is -0.114. The van der Waals surface area contributed by atoms with Crippen LogP contribution in [0.2, 0.25) is 0 Å². The van der Waals surface area contributed by atoms with E-state index in [1.165, 1.54) is 18.7 Å². The average molecular weight is 417 g/mol. The fourth-order valence-corrected chi connectivity index (χ4v) is 3.60. The highest BCUT2D eigenvalue weighted by molar-refractivity contribution is 7.99. The van der Waals surface area contributed by atoms with Gasteiger partial charge in [-0.2, -0.15) is 0 Å². The minimum absolute atomic E-state index is 0.122. The number of hydrogen-bond acceptors (Lipinski definition) is 5. The highest BCUT2D eigenvalue weighted by Crippen LogP contribution is 2.24. The molecule has 0 aliphatic heterocycles. The van der Waals surface area contributed by atoms with E-state index in [-0.39, 0.29) is 17.6 Å². The number of anilines is 2. The van der Waals surface area contributed by atoms with Gasteiger partial charge >= 0.3 is 0 Å². The number of carbonyl (C=O) groups excluding carboxylic acids is 2. The highest BCUT2D eigenvalue weighted by atomic mass is 32.2. The van der Waals surface area contributed by atoms with Crippen molar-refractivity contribution in [3.05, 3.63) is 66.7 Å². The third-order valence-electron chi connectivity index (χ3n) is 4.34. The molecule has 8 heteroatoms. The summed E-state index contributed by atoms with van der Waals surface area (Å²) in [5.41, 5.74) is 2.34. The number of hydrogen-bond donors (Lipinski definition) is 3. The van der Waals surface area contributed by atoms with Gasteiger partial charge in [-0.25, -0.2) is 4.98 Å². The van der Waals surface area contributed by atoms with Crippen LogP contribution >= 0.6 is 11.8 Å². The van der Waals surface area contributed by atoms with Crippen LogP contribution in [0.4, 0.5) is 11.4 Å². The molecule has 1 aromatic heterocycles. The number of fused-ring (bicyclic) bond motifs is 1. The van der Waals surface area contributed by atoms with Crippen LogP contribution in [-0.4, -0.2) is 32.7 Å². The number of thioether (sulfide) groups is 1. The number of aromatic amines is 1. The molecule has 0 bridgehead atoms. The van der Waals surface area contributed by atoms with E-state index in [9.17, 15) is 9.59 Å². The summed E-state index contributed by atoms with van der Waals surface area (Å²) >= 11 is 1.26. The van der Waals surface area contributed by atoms with E-state index >= 15 is 0 Å². The van der Waals surface area contributed by atoms with Gasteiger partial charge in [-0.1, -0.05) is 48.2 Å². The Morgan fingerprint density at radius 3 is 2.53 bits per heavy atom. The van der Waals surface area contributed by atoms with Crippen LogP contribution in [0.15, 0.2) is 71.9 Å². The summed E-state index contributed by atoms with van der Waals surface area (Å²) in [6.45, 7) is 1.46. The third-order valence-corrected chi connectivity index (χ3v) is 5.19. The van der Waals surface area contributed by atoms with Gasteiger partial charge in [0.25, 0.3) is 0 Å². The molecule has 4 aromatic rings. The topological polar surface area (TPSA) is 99.8 Å². The Kier molecular flexibility index (Phi) is 5.76. The first-order valence-corrected chi connectivity index (χ1v) is 10.3. The van der Waals surface area contributed by atoms with Gasteiger partial charge in [0.05, 0.1) is 5.75 Å². The van der Waals surface area contributed by atoms with Crippen LogP contribution < -0.4 is 10.6 Å². The van der Waals surface area contributed by atoms with E-state index in [4.69, 9.17) is 0 Å². The summed E-state index contributed by atoms with van der Waals surface area (Å²) in [6.07, 6.45) is 0. The predicted octanol–water partition coefficient (Wildman–Crippen LogP) is 4.31. The lowest BCUT2D eigenvalue weighted by atomic mass is 10.1. The Bertz CT molecular complexity index is 1200. The zero-order valence-electron chi connectivity index (χ0n) is 16.2. The van der Waals surface area contributed by atoms with Crippen molar-refractivity contribution >= 4 is 45.7 Å². The maximum Gasteiger partial charge on any atom is 0.234 e. The molecule has 0 atom stereocenters. The summed E-state index contributed by atoms with van der Waals surface area (Å²) in [6, 6.07) is 21.0. The van der Waals surface area contributed by atoms with Crippen molar-refractivity contribution in [3.63, 3.8) is 0 Å². The second-order valence-corrected chi connectivity index (χ2v) is 7.53. The molecular formula is C22H19N5O2S. The molecule has 0 fully saturated rings. The van der Waals surface area contributed by atoms with Crippen LogP contribution in [0.5, 0.6) is 0 Å². The molecule has 0 spiro atoms. The van der Waals surface area contributed by atoms with Crippen molar-refractivity contribution in [1.29, 1.82) is 0 Å². The minimum Gasteiger partial charge on any atom is -0.326 e. The first kappa shape index (κ1) is 19.7. The Morgan fingerprint density at radius 1 is 0.967 bits per heavy atom. The van der Waals surface area contributed by atoms with Crippen LogP contribution in [0, 0.1) is 0 Å². The van der Waals surface area contributed by atoms with E-state index in [2.05, 4.69) is 25.8 Å². The molecule has 1 heterocycles. The van der Waals surface area contributed by atoms with Gasteiger partial charge in [0, 0.05) is 29.2 Å². The Balaban J connectivity index is 1.37. The number of H-pyrrole nitrogens is 1. The molecule has 0 radical (unpaired) electrons. The summed E-state index contributed by atoms with van der Waals surface area (Å²) in [4.78, 5) is 27.9. The number of benzene rings is 3. The molecule has 0 aliphatic rings. The van der Waals surface area contributed by atoms with Crippen molar-refractivity contribution in [2.45, 2.75) is 12.1 Å². The number of amides is 2. The number of rotatable bonds is 6. The zero-order chi connectivity index (χ0) is 20.9. The van der Waals surface area contributed by atoms with Crippen LogP contribution in [0.25, 0.3) is 22.2 Å². The van der Waals surface area contributed by atoms with E-state index in [0.29, 0.717) is 16.7 Å². The standard InChI is InChI=1S/C22H19N5O2S/c1-14(28)23-17-11-9-16(10-12-17)21-25-22(27-26-21)30-13-20(29)24-19-8-4-6-15-5-2-3-7-18(15)19/h2-12H,13H2,1H3,(H,23,28)(H,24,29)(H,25,26,27). The molecule has 7 nitrogen and oxygen atoms in total. The molecule has 0 saturated heterocycles. The molecule has 2 amide bonds. The molecular weight excluding hydrogens is 398 g/mol. The third kappa shape index (κ3) is 4.66. The van der Waals surface area contributed by atoms with Gasteiger partial charge in [-0.15, -0.1) is 5.10 Å². The van der Waals surface area contributed by atoms with Gasteiger partial charge in [0.15, 0.2) is 5.82 Å². The SMILES string of the molecule is CC(=O)Nc1ccc(-c2nc(SCC(=O)Nc3cccc4ccccc34)n[nH]2)cc1. The maximum atomic E-state index is 12.4. The molecule has 0 saturated carbocycles. The van der Waals surface area contributed by atoms with Gasteiger partial charge < -0.3 is 10.6 Å². The second-order valence-electron chi connectivity index (χ2n) is 6.59.